The van der Waals surface area contributed by atoms with Crippen LogP contribution in [0.15, 0.2) is 60.9 Å². The molecule has 1 amide bonds. The van der Waals surface area contributed by atoms with Gasteiger partial charge in [0.25, 0.3) is 0 Å². The number of ether oxygens (including phenoxy) is 1. The molecule has 26 heavy (non-hydrogen) atoms. The van der Waals surface area contributed by atoms with Gasteiger partial charge >= 0.3 is 5.97 Å². The van der Waals surface area contributed by atoms with Crippen molar-refractivity contribution in [2.45, 2.75) is 6.92 Å². The first-order valence-electron chi connectivity index (χ1n) is 7.95. The molecule has 0 aliphatic heterocycles. The van der Waals surface area contributed by atoms with Crippen LogP contribution in [0, 0.1) is 0 Å². The van der Waals surface area contributed by atoms with Crippen molar-refractivity contribution in [3.8, 4) is 22.4 Å². The maximum absolute atomic E-state index is 11.9. The molecule has 2 aromatic heterocycles. The van der Waals surface area contributed by atoms with Crippen LogP contribution in [0.4, 0.5) is 5.82 Å². The average molecular weight is 347 g/mol. The Labute approximate surface area is 150 Å². The summed E-state index contributed by atoms with van der Waals surface area (Å²) in [5.41, 5.74) is 3.73. The predicted octanol–water partition coefficient (Wildman–Crippen LogP) is 3.56. The SMILES string of the molecule is COC(=O)c1cc(NC(C)=O)nc(-c2ccc(-c3cccnc3)cc2)c1. The van der Waals surface area contributed by atoms with Crippen LogP contribution in [0.25, 0.3) is 22.4 Å². The highest BCUT2D eigenvalue weighted by Crippen LogP contribution is 2.25. The van der Waals surface area contributed by atoms with E-state index in [4.69, 9.17) is 4.74 Å². The van der Waals surface area contributed by atoms with E-state index in [-0.39, 0.29) is 5.91 Å². The monoisotopic (exact) mass is 347 g/mol. The van der Waals surface area contributed by atoms with Crippen LogP contribution in [0.5, 0.6) is 0 Å². The zero-order valence-corrected chi connectivity index (χ0v) is 14.4. The molecule has 3 aromatic rings. The summed E-state index contributed by atoms with van der Waals surface area (Å²) < 4.78 is 4.78. The minimum absolute atomic E-state index is 0.266. The molecule has 0 atom stereocenters. The van der Waals surface area contributed by atoms with Crippen molar-refractivity contribution in [1.29, 1.82) is 0 Å². The van der Waals surface area contributed by atoms with Crippen LogP contribution < -0.4 is 5.32 Å². The normalized spacial score (nSPS) is 10.2. The number of methoxy groups -OCH3 is 1. The minimum atomic E-state index is -0.493. The lowest BCUT2D eigenvalue weighted by Crippen LogP contribution is -2.10. The summed E-state index contributed by atoms with van der Waals surface area (Å²) in [6, 6.07) is 14.7. The van der Waals surface area contributed by atoms with Gasteiger partial charge in [-0.3, -0.25) is 9.78 Å². The van der Waals surface area contributed by atoms with Gasteiger partial charge in [0.2, 0.25) is 5.91 Å². The second kappa shape index (κ2) is 7.57. The van der Waals surface area contributed by atoms with E-state index in [0.717, 1.165) is 16.7 Å². The fraction of sp³-hybridized carbons (Fsp3) is 0.100. The van der Waals surface area contributed by atoms with E-state index in [2.05, 4.69) is 15.3 Å². The van der Waals surface area contributed by atoms with E-state index in [0.29, 0.717) is 17.1 Å². The van der Waals surface area contributed by atoms with E-state index < -0.39 is 5.97 Å². The largest absolute Gasteiger partial charge is 0.465 e. The summed E-state index contributed by atoms with van der Waals surface area (Å²) in [7, 11) is 1.31. The number of hydrogen-bond acceptors (Lipinski definition) is 5. The second-order valence-electron chi connectivity index (χ2n) is 5.62. The number of pyridine rings is 2. The second-order valence-corrected chi connectivity index (χ2v) is 5.62. The number of hydrogen-bond donors (Lipinski definition) is 1. The fourth-order valence-electron chi connectivity index (χ4n) is 2.53. The summed E-state index contributed by atoms with van der Waals surface area (Å²) in [6.45, 7) is 1.38. The molecular formula is C20H17N3O3. The number of esters is 1. The molecule has 6 heteroatoms. The fourth-order valence-corrected chi connectivity index (χ4v) is 2.53. The van der Waals surface area contributed by atoms with Crippen molar-refractivity contribution in [2.24, 2.45) is 0 Å². The van der Waals surface area contributed by atoms with Crippen LogP contribution in [-0.4, -0.2) is 29.0 Å². The van der Waals surface area contributed by atoms with E-state index in [1.54, 1.807) is 18.5 Å². The molecule has 0 radical (unpaired) electrons. The number of carbonyl (C=O) groups excluding carboxylic acids is 2. The van der Waals surface area contributed by atoms with Crippen molar-refractivity contribution in [1.82, 2.24) is 9.97 Å². The van der Waals surface area contributed by atoms with Gasteiger partial charge in [0, 0.05) is 24.9 Å². The molecule has 0 unspecified atom stereocenters. The van der Waals surface area contributed by atoms with Gasteiger partial charge in [-0.25, -0.2) is 9.78 Å². The van der Waals surface area contributed by atoms with Crippen LogP contribution in [-0.2, 0) is 9.53 Å². The molecular weight excluding hydrogens is 330 g/mol. The Hall–Kier alpha value is -3.54. The topological polar surface area (TPSA) is 81.2 Å². The lowest BCUT2D eigenvalue weighted by molar-refractivity contribution is -0.114. The molecule has 6 nitrogen and oxygen atoms in total. The molecule has 2 heterocycles. The molecule has 130 valence electrons. The molecule has 1 N–H and O–H groups in total. The maximum atomic E-state index is 11.9. The zero-order valence-electron chi connectivity index (χ0n) is 14.4. The highest BCUT2D eigenvalue weighted by Gasteiger charge is 2.12. The first kappa shape index (κ1) is 17.3. The quantitative estimate of drug-likeness (QED) is 0.730. The minimum Gasteiger partial charge on any atom is -0.465 e. The lowest BCUT2D eigenvalue weighted by Gasteiger charge is -2.09. The molecule has 0 aliphatic carbocycles. The Morgan fingerprint density at radius 1 is 1.00 bits per heavy atom. The summed E-state index contributed by atoms with van der Waals surface area (Å²) in [5, 5.41) is 2.61. The third-order valence-electron chi connectivity index (χ3n) is 3.73. The third-order valence-corrected chi connectivity index (χ3v) is 3.73. The Morgan fingerprint density at radius 2 is 1.73 bits per heavy atom. The third kappa shape index (κ3) is 3.92. The molecule has 0 fully saturated rings. The summed E-state index contributed by atoms with van der Waals surface area (Å²) >= 11 is 0. The number of benzene rings is 1. The van der Waals surface area contributed by atoms with Gasteiger partial charge in [-0.1, -0.05) is 30.3 Å². The molecule has 1 aromatic carbocycles. The number of carbonyl (C=O) groups is 2. The number of nitrogens with one attached hydrogen (secondary N) is 1. The van der Waals surface area contributed by atoms with E-state index in [1.165, 1.54) is 20.1 Å². The van der Waals surface area contributed by atoms with Crippen molar-refractivity contribution in [3.63, 3.8) is 0 Å². The Bertz CT molecular complexity index is 938. The van der Waals surface area contributed by atoms with Crippen LogP contribution in [0.3, 0.4) is 0 Å². The van der Waals surface area contributed by atoms with Gasteiger partial charge in [-0.2, -0.15) is 0 Å². The Kier molecular flexibility index (Phi) is 5.03. The number of anilines is 1. The van der Waals surface area contributed by atoms with Crippen molar-refractivity contribution in [3.05, 3.63) is 66.5 Å². The van der Waals surface area contributed by atoms with Gasteiger partial charge in [0.15, 0.2) is 0 Å². The average Bonchev–Trinajstić information content (AvgIpc) is 2.67. The molecule has 0 saturated carbocycles. The van der Waals surface area contributed by atoms with Gasteiger partial charge in [0.05, 0.1) is 18.4 Å². The van der Waals surface area contributed by atoms with E-state index in [9.17, 15) is 9.59 Å². The van der Waals surface area contributed by atoms with Crippen molar-refractivity contribution < 1.29 is 14.3 Å². The van der Waals surface area contributed by atoms with Gasteiger partial charge < -0.3 is 10.1 Å². The molecule has 3 rings (SSSR count). The van der Waals surface area contributed by atoms with E-state index >= 15 is 0 Å². The number of aromatic nitrogens is 2. The van der Waals surface area contributed by atoms with E-state index in [1.807, 2.05) is 36.4 Å². The maximum Gasteiger partial charge on any atom is 0.338 e. The number of nitrogens with zero attached hydrogens (tertiary/aromatic N) is 2. The molecule has 0 aliphatic rings. The van der Waals surface area contributed by atoms with Crippen molar-refractivity contribution >= 4 is 17.7 Å². The summed E-state index contributed by atoms with van der Waals surface area (Å²) in [6.07, 6.45) is 3.52. The summed E-state index contributed by atoms with van der Waals surface area (Å²) in [5.74, 6) is -0.462. The Balaban J connectivity index is 1.99. The van der Waals surface area contributed by atoms with Gasteiger partial charge in [-0.05, 0) is 29.3 Å². The Morgan fingerprint density at radius 3 is 2.35 bits per heavy atom. The van der Waals surface area contributed by atoms with Crippen LogP contribution in [0.2, 0.25) is 0 Å². The van der Waals surface area contributed by atoms with Crippen molar-refractivity contribution in [2.75, 3.05) is 12.4 Å². The van der Waals surface area contributed by atoms with Crippen LogP contribution in [0.1, 0.15) is 17.3 Å². The standard InChI is InChI=1S/C20H17N3O3/c1-13(24)22-19-11-17(20(25)26-2)10-18(23-19)15-7-5-14(6-8-15)16-4-3-9-21-12-16/h3-12H,1-2H3,(H,22,23,24). The molecule has 0 spiro atoms. The highest BCUT2D eigenvalue weighted by molar-refractivity contribution is 5.94. The summed E-state index contributed by atoms with van der Waals surface area (Å²) in [4.78, 5) is 31.8. The number of rotatable bonds is 4. The lowest BCUT2D eigenvalue weighted by atomic mass is 10.0. The number of amides is 1. The zero-order chi connectivity index (χ0) is 18.5. The van der Waals surface area contributed by atoms with Gasteiger partial charge in [-0.15, -0.1) is 0 Å². The highest BCUT2D eigenvalue weighted by atomic mass is 16.5. The van der Waals surface area contributed by atoms with Crippen LogP contribution >= 0.6 is 0 Å². The first-order chi connectivity index (χ1) is 12.6. The molecule has 0 saturated heterocycles. The smallest absolute Gasteiger partial charge is 0.338 e. The van der Waals surface area contributed by atoms with Gasteiger partial charge in [0.1, 0.15) is 5.82 Å². The predicted molar refractivity (Wildman–Crippen MR) is 98.5 cm³/mol. The first-order valence-corrected chi connectivity index (χ1v) is 7.95. The molecule has 0 bridgehead atoms.